The molecule has 0 bridgehead atoms. The molecule has 1 heterocycles. The molecule has 0 amide bonds. The maximum absolute atomic E-state index is 4.92. The molecule has 4 heteroatoms. The first-order chi connectivity index (χ1) is 11.8. The van der Waals surface area contributed by atoms with Crippen LogP contribution in [0.4, 0.5) is 5.69 Å². The summed E-state index contributed by atoms with van der Waals surface area (Å²) in [5.41, 5.74) is 3.22. The molecule has 1 aliphatic heterocycles. The first-order valence-corrected chi connectivity index (χ1v) is 9.57. The molecule has 1 saturated heterocycles. The van der Waals surface area contributed by atoms with Crippen LogP contribution in [0.3, 0.4) is 0 Å². The number of aliphatic imine (C=N–C) groups is 2. The molecule has 0 unspecified atom stereocenters. The number of hydrogen-bond acceptors (Lipinski definition) is 2. The average molecular weight is 337 g/mol. The van der Waals surface area contributed by atoms with Crippen molar-refractivity contribution in [3.05, 3.63) is 65.7 Å². The van der Waals surface area contributed by atoms with Crippen LogP contribution in [0.15, 0.2) is 64.6 Å². The van der Waals surface area contributed by atoms with Crippen molar-refractivity contribution in [2.24, 2.45) is 9.98 Å². The summed E-state index contributed by atoms with van der Waals surface area (Å²) in [5, 5.41) is 1.06. The van der Waals surface area contributed by atoms with Crippen LogP contribution < -0.4 is 0 Å². The summed E-state index contributed by atoms with van der Waals surface area (Å²) in [5.74, 6) is 0.774. The van der Waals surface area contributed by atoms with Gasteiger partial charge < -0.3 is 4.90 Å². The number of likely N-dealkylation sites (tertiary alicyclic amines) is 1. The summed E-state index contributed by atoms with van der Waals surface area (Å²) >= 11 is 1.70. The second-order valence-electron chi connectivity index (χ2n) is 5.93. The van der Waals surface area contributed by atoms with Crippen LogP contribution in [0.5, 0.6) is 0 Å². The minimum Gasteiger partial charge on any atom is -0.351 e. The predicted octanol–water partition coefficient (Wildman–Crippen LogP) is 4.89. The first-order valence-electron chi connectivity index (χ1n) is 8.34. The maximum Gasteiger partial charge on any atom is 0.165 e. The highest BCUT2D eigenvalue weighted by Gasteiger charge is 2.16. The van der Waals surface area contributed by atoms with E-state index in [9.17, 15) is 0 Å². The van der Waals surface area contributed by atoms with Gasteiger partial charge in [0.2, 0.25) is 0 Å². The van der Waals surface area contributed by atoms with Crippen LogP contribution in [0.25, 0.3) is 0 Å². The Kier molecular flexibility index (Phi) is 5.70. The summed E-state index contributed by atoms with van der Waals surface area (Å²) in [7, 11) is 0. The average Bonchev–Trinajstić information content (AvgIpc) is 3.15. The fourth-order valence-electron chi connectivity index (χ4n) is 2.73. The predicted molar refractivity (Wildman–Crippen MR) is 106 cm³/mol. The van der Waals surface area contributed by atoms with E-state index in [4.69, 9.17) is 9.98 Å². The fourth-order valence-corrected chi connectivity index (χ4v) is 3.35. The third-order valence-electron chi connectivity index (χ3n) is 4.06. The third kappa shape index (κ3) is 4.26. The Hall–Kier alpha value is -2.07. The number of benzene rings is 2. The Bertz CT molecular complexity index is 714. The van der Waals surface area contributed by atoms with E-state index in [1.54, 1.807) is 11.8 Å². The number of aryl methyl sites for hydroxylation is 1. The molecule has 0 aliphatic carbocycles. The lowest BCUT2D eigenvalue weighted by atomic mass is 10.2. The summed E-state index contributed by atoms with van der Waals surface area (Å²) in [6.07, 6.45) is 4.58. The van der Waals surface area contributed by atoms with Gasteiger partial charge in [0, 0.05) is 18.7 Å². The smallest absolute Gasteiger partial charge is 0.165 e. The second-order valence-corrected chi connectivity index (χ2v) is 6.70. The van der Waals surface area contributed by atoms with Crippen LogP contribution in [-0.2, 0) is 0 Å². The highest BCUT2D eigenvalue weighted by Crippen LogP contribution is 2.19. The van der Waals surface area contributed by atoms with E-state index in [1.807, 2.05) is 30.3 Å². The molecule has 3 nitrogen and oxygen atoms in total. The Morgan fingerprint density at radius 1 is 0.958 bits per heavy atom. The van der Waals surface area contributed by atoms with Gasteiger partial charge >= 0.3 is 0 Å². The van der Waals surface area contributed by atoms with Gasteiger partial charge in [-0.1, -0.05) is 59.8 Å². The molecule has 2 aromatic rings. The summed E-state index contributed by atoms with van der Waals surface area (Å²) < 4.78 is 0. The largest absolute Gasteiger partial charge is 0.351 e. The highest BCUT2D eigenvalue weighted by molar-refractivity contribution is 8.13. The van der Waals surface area contributed by atoms with E-state index in [2.05, 4.69) is 42.3 Å². The number of nitrogens with zero attached hydrogens (tertiary/aromatic N) is 3. The van der Waals surface area contributed by atoms with Crippen molar-refractivity contribution in [1.29, 1.82) is 0 Å². The van der Waals surface area contributed by atoms with Gasteiger partial charge in [-0.2, -0.15) is 0 Å². The topological polar surface area (TPSA) is 28.0 Å². The Morgan fingerprint density at radius 3 is 2.25 bits per heavy atom. The number of thioether (sulfide) groups is 1. The normalized spacial score (nSPS) is 15.8. The van der Waals surface area contributed by atoms with Crippen molar-refractivity contribution in [3.63, 3.8) is 0 Å². The van der Waals surface area contributed by atoms with Crippen LogP contribution >= 0.6 is 11.8 Å². The summed E-state index contributed by atoms with van der Waals surface area (Å²) in [6, 6.07) is 18.5. The van der Waals surface area contributed by atoms with Crippen molar-refractivity contribution >= 4 is 28.5 Å². The number of hydrogen-bond donors (Lipinski definition) is 0. The van der Waals surface area contributed by atoms with Gasteiger partial charge in [-0.15, -0.1) is 0 Å². The third-order valence-corrected chi connectivity index (χ3v) is 4.78. The molecule has 0 atom stereocenters. The standard InChI is InChI=1S/C20H23N3S/c1-16-10-12-18(13-11-16)21-19(17-8-4-3-5-9-17)22-20(24-2)23-14-6-7-15-23/h3-5,8-13H,6-7,14-15H2,1-2H3. The summed E-state index contributed by atoms with van der Waals surface area (Å²) in [6.45, 7) is 4.27. The van der Waals surface area contributed by atoms with Crippen LogP contribution in [-0.4, -0.2) is 35.2 Å². The lowest BCUT2D eigenvalue weighted by Gasteiger charge is -2.18. The van der Waals surface area contributed by atoms with Gasteiger partial charge in [0.25, 0.3) is 0 Å². The van der Waals surface area contributed by atoms with E-state index < -0.39 is 0 Å². The van der Waals surface area contributed by atoms with E-state index in [-0.39, 0.29) is 0 Å². The van der Waals surface area contributed by atoms with Crippen molar-refractivity contribution in [2.75, 3.05) is 19.3 Å². The zero-order valence-electron chi connectivity index (χ0n) is 14.3. The zero-order chi connectivity index (χ0) is 16.8. The van der Waals surface area contributed by atoms with Gasteiger partial charge in [-0.3, -0.25) is 0 Å². The van der Waals surface area contributed by atoms with E-state index in [0.717, 1.165) is 35.3 Å². The second kappa shape index (κ2) is 8.15. The van der Waals surface area contributed by atoms with Gasteiger partial charge in [0.1, 0.15) is 0 Å². The van der Waals surface area contributed by atoms with Crippen LogP contribution in [0.1, 0.15) is 24.0 Å². The molecule has 0 spiro atoms. The van der Waals surface area contributed by atoms with Crippen molar-refractivity contribution in [3.8, 4) is 0 Å². The lowest BCUT2D eigenvalue weighted by molar-refractivity contribution is 0.531. The van der Waals surface area contributed by atoms with Gasteiger partial charge in [-0.25, -0.2) is 9.98 Å². The molecule has 24 heavy (non-hydrogen) atoms. The van der Waals surface area contributed by atoms with Crippen LogP contribution in [0, 0.1) is 6.92 Å². The molecule has 0 saturated carbocycles. The van der Waals surface area contributed by atoms with Gasteiger partial charge in [0.15, 0.2) is 11.0 Å². The molecule has 0 N–H and O–H groups in total. The minimum atomic E-state index is 0.774. The van der Waals surface area contributed by atoms with E-state index in [0.29, 0.717) is 0 Å². The van der Waals surface area contributed by atoms with Crippen molar-refractivity contribution < 1.29 is 0 Å². The van der Waals surface area contributed by atoms with Crippen molar-refractivity contribution in [1.82, 2.24) is 4.90 Å². The zero-order valence-corrected chi connectivity index (χ0v) is 15.1. The molecule has 1 aliphatic rings. The number of rotatable bonds is 2. The number of amidine groups is 2. The fraction of sp³-hybridized carbons (Fsp3) is 0.300. The molecular formula is C20H23N3S. The molecule has 3 rings (SSSR count). The quantitative estimate of drug-likeness (QED) is 0.576. The van der Waals surface area contributed by atoms with Crippen molar-refractivity contribution in [2.45, 2.75) is 19.8 Å². The van der Waals surface area contributed by atoms with Gasteiger partial charge in [-0.05, 0) is 38.2 Å². The Morgan fingerprint density at radius 2 is 1.62 bits per heavy atom. The van der Waals surface area contributed by atoms with E-state index >= 15 is 0 Å². The molecule has 0 aromatic heterocycles. The SMILES string of the molecule is CSC(=NC(=Nc1ccc(C)cc1)c1ccccc1)N1CCCC1. The molecule has 1 fully saturated rings. The molecule has 2 aromatic carbocycles. The monoisotopic (exact) mass is 337 g/mol. The lowest BCUT2D eigenvalue weighted by Crippen LogP contribution is -2.26. The molecule has 0 radical (unpaired) electrons. The van der Waals surface area contributed by atoms with Gasteiger partial charge in [0.05, 0.1) is 5.69 Å². The molecule has 124 valence electrons. The highest BCUT2D eigenvalue weighted by atomic mass is 32.2. The molecular weight excluding hydrogens is 314 g/mol. The van der Waals surface area contributed by atoms with Crippen LogP contribution in [0.2, 0.25) is 0 Å². The maximum atomic E-state index is 4.92. The Balaban J connectivity index is 2.00. The minimum absolute atomic E-state index is 0.774. The van der Waals surface area contributed by atoms with E-state index in [1.165, 1.54) is 18.4 Å². The summed E-state index contributed by atoms with van der Waals surface area (Å²) in [4.78, 5) is 12.1. The Labute approximate surface area is 148 Å². The first kappa shape index (κ1) is 16.8.